The Hall–Kier alpha value is -2.43. The lowest BCUT2D eigenvalue weighted by molar-refractivity contribution is -0.147. The molecular formula is C18H20N2O3. The minimum absolute atomic E-state index is 0.212. The van der Waals surface area contributed by atoms with Crippen LogP contribution in [0, 0.1) is 5.92 Å². The largest absolute Gasteiger partial charge is 0.325 e. The minimum Gasteiger partial charge on any atom is -0.325 e. The zero-order valence-electron chi connectivity index (χ0n) is 13.2. The van der Waals surface area contributed by atoms with Gasteiger partial charge in [-0.25, -0.2) is 0 Å². The number of nitrogens with one attached hydrogen (secondary N) is 1. The number of hydrogen-bond acceptors (Lipinski definition) is 3. The lowest BCUT2D eigenvalue weighted by atomic mass is 9.79. The summed E-state index contributed by atoms with van der Waals surface area (Å²) in [4.78, 5) is 39.0. The molecular weight excluding hydrogens is 292 g/mol. The maximum atomic E-state index is 12.7. The summed E-state index contributed by atoms with van der Waals surface area (Å²) >= 11 is 0. The van der Waals surface area contributed by atoms with Crippen LogP contribution in [-0.2, 0) is 14.4 Å². The van der Waals surface area contributed by atoms with Crippen molar-refractivity contribution in [3.8, 4) is 0 Å². The van der Waals surface area contributed by atoms with Gasteiger partial charge < -0.3 is 5.32 Å². The van der Waals surface area contributed by atoms with E-state index >= 15 is 0 Å². The number of amides is 3. The Morgan fingerprint density at radius 3 is 2.57 bits per heavy atom. The predicted molar refractivity (Wildman–Crippen MR) is 86.4 cm³/mol. The SMILES string of the molecule is CCN1C(=O)C2=C(CCCC2)C(C(=O)Nc2ccccc2)C1=O. The highest BCUT2D eigenvalue weighted by atomic mass is 16.2. The first-order chi connectivity index (χ1) is 11.1. The maximum absolute atomic E-state index is 12.7. The minimum atomic E-state index is -0.872. The molecule has 3 amide bonds. The highest BCUT2D eigenvalue weighted by Crippen LogP contribution is 2.36. The summed E-state index contributed by atoms with van der Waals surface area (Å²) in [7, 11) is 0. The van der Waals surface area contributed by atoms with Crippen molar-refractivity contribution in [2.24, 2.45) is 5.92 Å². The summed E-state index contributed by atoms with van der Waals surface area (Å²) in [6, 6.07) is 9.08. The number of anilines is 1. The van der Waals surface area contributed by atoms with Gasteiger partial charge >= 0.3 is 0 Å². The molecule has 0 fully saturated rings. The van der Waals surface area contributed by atoms with Gasteiger partial charge in [-0.15, -0.1) is 0 Å². The van der Waals surface area contributed by atoms with Crippen LogP contribution in [0.2, 0.25) is 0 Å². The second-order valence-electron chi connectivity index (χ2n) is 5.89. The van der Waals surface area contributed by atoms with E-state index in [-0.39, 0.29) is 11.8 Å². The van der Waals surface area contributed by atoms with E-state index in [0.717, 1.165) is 18.4 Å². The number of imide groups is 1. The fourth-order valence-electron chi connectivity index (χ4n) is 3.37. The van der Waals surface area contributed by atoms with E-state index in [2.05, 4.69) is 5.32 Å². The van der Waals surface area contributed by atoms with Gasteiger partial charge in [0.1, 0.15) is 5.92 Å². The molecule has 1 aliphatic carbocycles. The van der Waals surface area contributed by atoms with Crippen LogP contribution in [0.15, 0.2) is 41.5 Å². The van der Waals surface area contributed by atoms with Crippen molar-refractivity contribution < 1.29 is 14.4 Å². The van der Waals surface area contributed by atoms with Crippen LogP contribution in [-0.4, -0.2) is 29.2 Å². The van der Waals surface area contributed by atoms with Gasteiger partial charge in [-0.3, -0.25) is 19.3 Å². The maximum Gasteiger partial charge on any atom is 0.256 e. The molecule has 1 aromatic carbocycles. The molecule has 0 saturated carbocycles. The average Bonchev–Trinajstić information content (AvgIpc) is 2.56. The molecule has 1 heterocycles. The fourth-order valence-corrected chi connectivity index (χ4v) is 3.37. The first-order valence-electron chi connectivity index (χ1n) is 8.07. The Morgan fingerprint density at radius 2 is 1.87 bits per heavy atom. The van der Waals surface area contributed by atoms with Gasteiger partial charge in [0, 0.05) is 17.8 Å². The van der Waals surface area contributed by atoms with Crippen molar-refractivity contribution in [2.45, 2.75) is 32.6 Å². The van der Waals surface area contributed by atoms with E-state index in [1.54, 1.807) is 19.1 Å². The average molecular weight is 312 g/mol. The number of carbonyl (C=O) groups excluding carboxylic acids is 3. The van der Waals surface area contributed by atoms with Gasteiger partial charge in [0.25, 0.3) is 5.91 Å². The second-order valence-corrected chi connectivity index (χ2v) is 5.89. The van der Waals surface area contributed by atoms with Crippen LogP contribution in [0.3, 0.4) is 0 Å². The van der Waals surface area contributed by atoms with Crippen LogP contribution in [0.4, 0.5) is 5.69 Å². The molecule has 0 radical (unpaired) electrons. The number of carbonyl (C=O) groups is 3. The first kappa shape index (κ1) is 15.5. The second kappa shape index (κ2) is 6.36. The first-order valence-corrected chi connectivity index (χ1v) is 8.07. The monoisotopic (exact) mass is 312 g/mol. The highest BCUT2D eigenvalue weighted by Gasteiger charge is 2.43. The molecule has 5 nitrogen and oxygen atoms in total. The Bertz CT molecular complexity index is 679. The standard InChI is InChI=1S/C18H20N2O3/c1-2-20-17(22)14-11-7-6-10-13(14)15(18(20)23)16(21)19-12-8-4-3-5-9-12/h3-5,8-9,15H,2,6-7,10-11H2,1H3,(H,19,21). The van der Waals surface area contributed by atoms with Gasteiger partial charge in [0.05, 0.1) is 0 Å². The smallest absolute Gasteiger partial charge is 0.256 e. The molecule has 1 N–H and O–H groups in total. The van der Waals surface area contributed by atoms with Crippen LogP contribution in [0.25, 0.3) is 0 Å². The van der Waals surface area contributed by atoms with E-state index in [0.29, 0.717) is 30.6 Å². The molecule has 23 heavy (non-hydrogen) atoms. The van der Waals surface area contributed by atoms with E-state index in [9.17, 15) is 14.4 Å². The summed E-state index contributed by atoms with van der Waals surface area (Å²) in [5.41, 5.74) is 2.05. The number of hydrogen-bond donors (Lipinski definition) is 1. The molecule has 120 valence electrons. The Balaban J connectivity index is 1.94. The van der Waals surface area contributed by atoms with Gasteiger partial charge in [0.15, 0.2) is 0 Å². The number of rotatable bonds is 3. The molecule has 2 aliphatic rings. The molecule has 0 aromatic heterocycles. The number of likely N-dealkylation sites (N-methyl/N-ethyl adjacent to an activating group) is 1. The normalized spacial score (nSPS) is 21.3. The predicted octanol–water partition coefficient (Wildman–Crippen LogP) is 2.50. The molecule has 3 rings (SSSR count). The van der Waals surface area contributed by atoms with E-state index in [4.69, 9.17) is 0 Å². The Morgan fingerprint density at radius 1 is 1.17 bits per heavy atom. The van der Waals surface area contributed by atoms with E-state index < -0.39 is 11.8 Å². The molecule has 0 spiro atoms. The highest BCUT2D eigenvalue weighted by molar-refractivity contribution is 6.18. The van der Waals surface area contributed by atoms with Gasteiger partial charge in [-0.1, -0.05) is 18.2 Å². The van der Waals surface area contributed by atoms with Crippen molar-refractivity contribution >= 4 is 23.4 Å². The van der Waals surface area contributed by atoms with Crippen LogP contribution >= 0.6 is 0 Å². The lowest BCUT2D eigenvalue weighted by Crippen LogP contribution is -2.50. The lowest BCUT2D eigenvalue weighted by Gasteiger charge is -2.35. The fraction of sp³-hybridized carbons (Fsp3) is 0.389. The van der Waals surface area contributed by atoms with Crippen LogP contribution in [0.5, 0.6) is 0 Å². The van der Waals surface area contributed by atoms with Crippen molar-refractivity contribution in [2.75, 3.05) is 11.9 Å². The summed E-state index contributed by atoms with van der Waals surface area (Å²) in [5, 5.41) is 2.80. The quantitative estimate of drug-likeness (QED) is 0.689. The third-order valence-electron chi connectivity index (χ3n) is 4.50. The number of nitrogens with zero attached hydrogens (tertiary/aromatic N) is 1. The van der Waals surface area contributed by atoms with Gasteiger partial charge in [-0.2, -0.15) is 0 Å². The third kappa shape index (κ3) is 2.79. The molecule has 5 heteroatoms. The van der Waals surface area contributed by atoms with Gasteiger partial charge in [0.2, 0.25) is 11.8 Å². The van der Waals surface area contributed by atoms with Gasteiger partial charge in [-0.05, 0) is 50.3 Å². The Kier molecular flexibility index (Phi) is 4.28. The zero-order valence-corrected chi connectivity index (χ0v) is 13.2. The third-order valence-corrected chi connectivity index (χ3v) is 4.50. The van der Waals surface area contributed by atoms with Crippen molar-refractivity contribution in [1.82, 2.24) is 4.90 Å². The van der Waals surface area contributed by atoms with Crippen molar-refractivity contribution in [3.63, 3.8) is 0 Å². The molecule has 0 saturated heterocycles. The summed E-state index contributed by atoms with van der Waals surface area (Å²) < 4.78 is 0. The number of benzene rings is 1. The summed E-state index contributed by atoms with van der Waals surface area (Å²) in [6.45, 7) is 2.06. The molecule has 0 bridgehead atoms. The van der Waals surface area contributed by atoms with Crippen molar-refractivity contribution in [1.29, 1.82) is 0 Å². The van der Waals surface area contributed by atoms with E-state index in [1.807, 2.05) is 18.2 Å². The summed E-state index contributed by atoms with van der Waals surface area (Å²) in [6.07, 6.45) is 3.16. The van der Waals surface area contributed by atoms with Crippen molar-refractivity contribution in [3.05, 3.63) is 41.5 Å². The van der Waals surface area contributed by atoms with Crippen LogP contribution in [0.1, 0.15) is 32.6 Å². The summed E-state index contributed by atoms with van der Waals surface area (Å²) in [5.74, 6) is -1.83. The molecule has 1 aromatic rings. The topological polar surface area (TPSA) is 66.5 Å². The molecule has 1 unspecified atom stereocenters. The zero-order chi connectivity index (χ0) is 16.4. The number of para-hydroxylation sites is 1. The Labute approximate surface area is 135 Å². The van der Waals surface area contributed by atoms with Crippen LogP contribution < -0.4 is 5.32 Å². The molecule has 1 aliphatic heterocycles. The molecule has 1 atom stereocenters. The van der Waals surface area contributed by atoms with E-state index in [1.165, 1.54) is 4.90 Å².